The normalized spacial score (nSPS) is 10.6. The molecule has 33 heavy (non-hydrogen) atoms. The van der Waals surface area contributed by atoms with Crippen molar-refractivity contribution >= 4 is 17.6 Å². The quantitative estimate of drug-likeness (QED) is 0.473. The van der Waals surface area contributed by atoms with Crippen LogP contribution < -0.4 is 5.32 Å². The highest BCUT2D eigenvalue weighted by atomic mass is 19.1. The largest absolute Gasteiger partial charge is 0.467 e. The average Bonchev–Trinajstić information content (AvgIpc) is 3.34. The highest BCUT2D eigenvalue weighted by molar-refractivity contribution is 5.92. The number of anilines is 1. The Morgan fingerprint density at radius 2 is 1.73 bits per heavy atom. The van der Waals surface area contributed by atoms with Crippen LogP contribution in [0.1, 0.15) is 11.3 Å². The van der Waals surface area contributed by atoms with Gasteiger partial charge in [-0.2, -0.15) is 0 Å². The molecule has 0 fully saturated rings. The minimum absolute atomic E-state index is 0.0499. The lowest BCUT2D eigenvalue weighted by Crippen LogP contribution is -2.46. The summed E-state index contributed by atoms with van der Waals surface area (Å²) >= 11 is 0. The third-order valence-electron chi connectivity index (χ3n) is 5.09. The number of benzene rings is 2. The number of carbonyl (C=O) groups is 2. The van der Waals surface area contributed by atoms with Crippen LogP contribution in [0.25, 0.3) is 0 Å². The third kappa shape index (κ3) is 7.47. The maximum absolute atomic E-state index is 14.0. The van der Waals surface area contributed by atoms with E-state index in [4.69, 9.17) is 9.15 Å². The van der Waals surface area contributed by atoms with E-state index in [1.807, 2.05) is 30.3 Å². The maximum Gasteiger partial charge on any atom is 0.322 e. The predicted molar refractivity (Wildman–Crippen MR) is 123 cm³/mol. The average molecular weight is 454 g/mol. The van der Waals surface area contributed by atoms with Crippen LogP contribution in [0.5, 0.6) is 0 Å². The van der Waals surface area contributed by atoms with Crippen molar-refractivity contribution in [1.82, 2.24) is 9.80 Å². The molecule has 1 heterocycles. The van der Waals surface area contributed by atoms with Crippen molar-refractivity contribution in [2.75, 3.05) is 38.7 Å². The molecular formula is C25H28FN3O4. The van der Waals surface area contributed by atoms with Gasteiger partial charge in [-0.15, -0.1) is 0 Å². The van der Waals surface area contributed by atoms with E-state index >= 15 is 0 Å². The Kier molecular flexibility index (Phi) is 9.02. The Morgan fingerprint density at radius 3 is 2.42 bits per heavy atom. The fraction of sp³-hybridized carbons (Fsp3) is 0.280. The number of carbonyl (C=O) groups excluding carboxylic acids is 2. The third-order valence-corrected chi connectivity index (χ3v) is 5.09. The lowest BCUT2D eigenvalue weighted by atomic mass is 10.1. The molecule has 0 unspecified atom stereocenters. The van der Waals surface area contributed by atoms with Crippen molar-refractivity contribution in [1.29, 1.82) is 0 Å². The highest BCUT2D eigenvalue weighted by Crippen LogP contribution is 2.14. The summed E-state index contributed by atoms with van der Waals surface area (Å²) in [7, 11) is 1.51. The summed E-state index contributed by atoms with van der Waals surface area (Å²) in [5.41, 5.74) is 1.15. The molecule has 0 spiro atoms. The second-order valence-electron chi connectivity index (χ2n) is 7.45. The second-order valence-corrected chi connectivity index (χ2v) is 7.45. The van der Waals surface area contributed by atoms with E-state index in [0.29, 0.717) is 18.7 Å². The Labute approximate surface area is 192 Å². The summed E-state index contributed by atoms with van der Waals surface area (Å²) in [6.45, 7) is 0.970. The monoisotopic (exact) mass is 453 g/mol. The number of hydrogen-bond donors (Lipinski definition) is 1. The van der Waals surface area contributed by atoms with Gasteiger partial charge in [0.15, 0.2) is 0 Å². The molecule has 3 rings (SSSR count). The highest BCUT2D eigenvalue weighted by Gasteiger charge is 2.23. The molecule has 3 aromatic rings. The molecule has 3 amide bonds. The molecule has 0 saturated heterocycles. The summed E-state index contributed by atoms with van der Waals surface area (Å²) in [6.07, 6.45) is 2.22. The van der Waals surface area contributed by atoms with Crippen molar-refractivity contribution in [3.05, 3.63) is 90.1 Å². The smallest absolute Gasteiger partial charge is 0.322 e. The first-order valence-electron chi connectivity index (χ1n) is 10.7. The lowest BCUT2D eigenvalue weighted by Gasteiger charge is -2.27. The van der Waals surface area contributed by atoms with E-state index in [1.54, 1.807) is 29.4 Å². The summed E-state index contributed by atoms with van der Waals surface area (Å²) < 4.78 is 24.5. The molecule has 0 aliphatic rings. The lowest BCUT2D eigenvalue weighted by molar-refractivity contribution is -0.132. The van der Waals surface area contributed by atoms with E-state index in [1.165, 1.54) is 30.2 Å². The van der Waals surface area contributed by atoms with Crippen LogP contribution in [0.2, 0.25) is 0 Å². The number of nitrogens with one attached hydrogen (secondary N) is 1. The summed E-state index contributed by atoms with van der Waals surface area (Å²) in [6, 6.07) is 18.7. The van der Waals surface area contributed by atoms with Gasteiger partial charge in [0.2, 0.25) is 5.91 Å². The summed E-state index contributed by atoms with van der Waals surface area (Å²) in [5.74, 6) is -0.149. The van der Waals surface area contributed by atoms with Crippen LogP contribution in [0, 0.1) is 5.82 Å². The molecule has 1 N–H and O–H groups in total. The van der Waals surface area contributed by atoms with Crippen LogP contribution in [-0.4, -0.2) is 55.1 Å². The van der Waals surface area contributed by atoms with E-state index < -0.39 is 11.8 Å². The molecule has 2 aromatic carbocycles. The maximum atomic E-state index is 14.0. The van der Waals surface area contributed by atoms with Crippen LogP contribution in [0.3, 0.4) is 0 Å². The van der Waals surface area contributed by atoms with E-state index in [-0.39, 0.29) is 37.8 Å². The van der Waals surface area contributed by atoms with E-state index in [0.717, 1.165) is 5.56 Å². The number of amides is 3. The van der Waals surface area contributed by atoms with Gasteiger partial charge < -0.3 is 24.3 Å². The van der Waals surface area contributed by atoms with Gasteiger partial charge in [0.1, 0.15) is 18.1 Å². The van der Waals surface area contributed by atoms with E-state index in [9.17, 15) is 14.0 Å². The topological polar surface area (TPSA) is 75.0 Å². The zero-order chi connectivity index (χ0) is 23.5. The van der Waals surface area contributed by atoms with Gasteiger partial charge in [0.05, 0.1) is 25.1 Å². The fourth-order valence-corrected chi connectivity index (χ4v) is 3.27. The van der Waals surface area contributed by atoms with Crippen molar-refractivity contribution in [2.45, 2.75) is 13.0 Å². The number of methoxy groups -OCH3 is 1. The number of ether oxygens (including phenoxy) is 1. The molecule has 0 bridgehead atoms. The van der Waals surface area contributed by atoms with Crippen molar-refractivity contribution in [3.8, 4) is 0 Å². The van der Waals surface area contributed by atoms with Crippen molar-refractivity contribution < 1.29 is 23.1 Å². The number of nitrogens with zero attached hydrogens (tertiary/aromatic N) is 2. The van der Waals surface area contributed by atoms with Gasteiger partial charge in [-0.05, 0) is 36.2 Å². The number of urea groups is 1. The van der Waals surface area contributed by atoms with Gasteiger partial charge in [-0.25, -0.2) is 9.18 Å². The molecular weight excluding hydrogens is 425 g/mol. The minimum atomic E-state index is -0.577. The molecule has 0 saturated carbocycles. The first-order chi connectivity index (χ1) is 16.1. The van der Waals surface area contributed by atoms with Crippen LogP contribution in [-0.2, 0) is 22.5 Å². The first-order valence-corrected chi connectivity index (χ1v) is 10.7. The Balaban J connectivity index is 1.70. The predicted octanol–water partition coefficient (Wildman–Crippen LogP) is 4.17. The molecule has 1 aromatic heterocycles. The molecule has 174 valence electrons. The van der Waals surface area contributed by atoms with E-state index in [2.05, 4.69) is 5.32 Å². The van der Waals surface area contributed by atoms with Gasteiger partial charge in [0, 0.05) is 20.2 Å². The number of rotatable bonds is 11. The van der Waals surface area contributed by atoms with Crippen LogP contribution in [0.4, 0.5) is 14.9 Å². The zero-order valence-corrected chi connectivity index (χ0v) is 18.6. The molecule has 0 aliphatic heterocycles. The van der Waals surface area contributed by atoms with Crippen LogP contribution in [0.15, 0.2) is 77.4 Å². The number of hydrogen-bond acceptors (Lipinski definition) is 4. The molecule has 7 nitrogen and oxygen atoms in total. The van der Waals surface area contributed by atoms with Gasteiger partial charge in [0.25, 0.3) is 0 Å². The van der Waals surface area contributed by atoms with Gasteiger partial charge >= 0.3 is 6.03 Å². The molecule has 0 aliphatic carbocycles. The number of halogens is 1. The van der Waals surface area contributed by atoms with Gasteiger partial charge in [-0.3, -0.25) is 4.79 Å². The summed E-state index contributed by atoms with van der Waals surface area (Å²) in [4.78, 5) is 29.0. The second kappa shape index (κ2) is 12.4. The Morgan fingerprint density at radius 1 is 0.970 bits per heavy atom. The molecule has 0 atom stereocenters. The standard InChI is InChI=1S/C25H28FN3O4/c1-32-17-15-29(25(31)27-23-12-6-5-11-22(23)26)19-24(30)28(18-21-10-7-16-33-21)14-13-20-8-3-2-4-9-20/h2-12,16H,13-15,17-19H2,1H3,(H,27,31). The zero-order valence-electron chi connectivity index (χ0n) is 18.6. The van der Waals surface area contributed by atoms with Crippen molar-refractivity contribution in [2.24, 2.45) is 0 Å². The Bertz CT molecular complexity index is 1010. The SMILES string of the molecule is COCCN(CC(=O)N(CCc1ccccc1)Cc1ccco1)C(=O)Nc1ccccc1F. The number of furan rings is 1. The Hall–Kier alpha value is -3.65. The van der Waals surface area contributed by atoms with Gasteiger partial charge in [-0.1, -0.05) is 42.5 Å². The molecule has 0 radical (unpaired) electrons. The van der Waals surface area contributed by atoms with Crippen LogP contribution >= 0.6 is 0 Å². The summed E-state index contributed by atoms with van der Waals surface area (Å²) in [5, 5.41) is 2.53. The fourth-order valence-electron chi connectivity index (χ4n) is 3.27. The number of para-hydroxylation sites is 1. The van der Waals surface area contributed by atoms with Crippen molar-refractivity contribution in [3.63, 3.8) is 0 Å². The first kappa shape index (κ1) is 24.0. The minimum Gasteiger partial charge on any atom is -0.467 e. The molecule has 8 heteroatoms.